The van der Waals surface area contributed by atoms with E-state index in [1.165, 1.54) is 0 Å². The monoisotopic (exact) mass is 299 g/mol. The minimum absolute atomic E-state index is 0.0403. The van der Waals surface area contributed by atoms with Gasteiger partial charge in [0.25, 0.3) is 0 Å². The maximum Gasteiger partial charge on any atom is 0.329 e. The maximum absolute atomic E-state index is 10.8. The molecule has 2 aromatic rings. The molecule has 0 aliphatic heterocycles. The van der Waals surface area contributed by atoms with E-state index in [0.717, 1.165) is 22.5 Å². The lowest BCUT2D eigenvalue weighted by atomic mass is 10.4. The van der Waals surface area contributed by atoms with Crippen LogP contribution in [-0.2, 0) is 13.0 Å². The van der Waals surface area contributed by atoms with Crippen LogP contribution in [0.4, 0.5) is 11.5 Å². The molecule has 1 N–H and O–H groups in total. The Kier molecular flexibility index (Phi) is 4.23. The highest BCUT2D eigenvalue weighted by Crippen LogP contribution is 2.23. The van der Waals surface area contributed by atoms with Crippen molar-refractivity contribution in [2.45, 2.75) is 19.9 Å². The zero-order valence-electron chi connectivity index (χ0n) is 9.96. The molecule has 0 amide bonds. The molecule has 0 radical (unpaired) electrons. The van der Waals surface area contributed by atoms with Gasteiger partial charge in [-0.3, -0.25) is 10.1 Å². The number of hydrogen-bond acceptors (Lipinski definition) is 7. The normalized spacial score (nSPS) is 10.4. The summed E-state index contributed by atoms with van der Waals surface area (Å²) in [6, 6.07) is 0. The molecule has 2 aromatic heterocycles. The summed E-state index contributed by atoms with van der Waals surface area (Å²) in [4.78, 5) is 23.0. The van der Waals surface area contributed by atoms with Crippen LogP contribution in [0.2, 0.25) is 5.28 Å². The number of nitrogens with one attached hydrogen (secondary N) is 1. The van der Waals surface area contributed by atoms with Gasteiger partial charge in [-0.1, -0.05) is 6.92 Å². The van der Waals surface area contributed by atoms with E-state index in [9.17, 15) is 10.1 Å². The molecule has 19 heavy (non-hydrogen) atoms. The van der Waals surface area contributed by atoms with Crippen LogP contribution >= 0.6 is 22.9 Å². The van der Waals surface area contributed by atoms with Gasteiger partial charge < -0.3 is 5.32 Å². The fourth-order valence-corrected chi connectivity index (χ4v) is 2.31. The molecule has 0 aliphatic carbocycles. The summed E-state index contributed by atoms with van der Waals surface area (Å²) in [6.45, 7) is 2.40. The van der Waals surface area contributed by atoms with Gasteiger partial charge in [0.1, 0.15) is 11.2 Å². The van der Waals surface area contributed by atoms with Gasteiger partial charge in [0.2, 0.25) is 11.1 Å². The molecular formula is C10H10ClN5O2S. The van der Waals surface area contributed by atoms with E-state index in [4.69, 9.17) is 11.6 Å². The van der Waals surface area contributed by atoms with Gasteiger partial charge in [0.05, 0.1) is 11.5 Å². The summed E-state index contributed by atoms with van der Waals surface area (Å²) in [5, 5.41) is 14.5. The standard InChI is InChI=1S/C10H10ClN5O2S/c1-2-6-3-12-8(19-6)5-13-9-7(16(17)18)4-14-10(11)15-9/h3-4H,2,5H2,1H3,(H,13,14,15). The Hall–Kier alpha value is -1.80. The highest BCUT2D eigenvalue weighted by Gasteiger charge is 2.16. The van der Waals surface area contributed by atoms with Gasteiger partial charge in [-0.2, -0.15) is 4.98 Å². The first kappa shape index (κ1) is 13.6. The third-order valence-electron chi connectivity index (χ3n) is 2.29. The number of nitro groups is 1. The van der Waals surface area contributed by atoms with E-state index in [-0.39, 0.29) is 16.8 Å². The number of thiazole rings is 1. The van der Waals surface area contributed by atoms with Gasteiger partial charge in [0, 0.05) is 11.1 Å². The summed E-state index contributed by atoms with van der Waals surface area (Å²) in [5.74, 6) is 0.0956. The molecule has 0 unspecified atom stereocenters. The van der Waals surface area contributed by atoms with Crippen LogP contribution in [-0.4, -0.2) is 19.9 Å². The second kappa shape index (κ2) is 5.89. The number of nitrogens with zero attached hydrogens (tertiary/aromatic N) is 4. The third-order valence-corrected chi connectivity index (χ3v) is 3.62. The Morgan fingerprint density at radius 3 is 2.89 bits per heavy atom. The van der Waals surface area contributed by atoms with E-state index in [2.05, 4.69) is 20.3 Å². The SMILES string of the molecule is CCc1cnc(CNc2nc(Cl)ncc2[N+](=O)[O-])s1. The average Bonchev–Trinajstić information content (AvgIpc) is 2.84. The van der Waals surface area contributed by atoms with Gasteiger partial charge >= 0.3 is 5.69 Å². The van der Waals surface area contributed by atoms with E-state index in [1.54, 1.807) is 17.5 Å². The molecule has 0 aliphatic rings. The molecule has 2 heterocycles. The number of halogens is 1. The van der Waals surface area contributed by atoms with Crippen molar-refractivity contribution in [3.05, 3.63) is 37.7 Å². The Balaban J connectivity index is 2.14. The Morgan fingerprint density at radius 2 is 2.26 bits per heavy atom. The second-order valence-corrected chi connectivity index (χ2v) is 5.10. The zero-order valence-corrected chi connectivity index (χ0v) is 11.5. The average molecular weight is 300 g/mol. The first-order valence-electron chi connectivity index (χ1n) is 5.44. The van der Waals surface area contributed by atoms with Crippen molar-refractivity contribution in [3.63, 3.8) is 0 Å². The largest absolute Gasteiger partial charge is 0.358 e. The molecule has 0 aromatic carbocycles. The fraction of sp³-hybridized carbons (Fsp3) is 0.300. The lowest BCUT2D eigenvalue weighted by molar-refractivity contribution is -0.384. The van der Waals surface area contributed by atoms with E-state index in [1.807, 2.05) is 6.92 Å². The fourth-order valence-electron chi connectivity index (χ4n) is 1.37. The Morgan fingerprint density at radius 1 is 1.47 bits per heavy atom. The van der Waals surface area contributed by atoms with Gasteiger partial charge in [0.15, 0.2) is 0 Å². The second-order valence-electron chi connectivity index (χ2n) is 3.56. The molecule has 100 valence electrons. The minimum Gasteiger partial charge on any atom is -0.358 e. The topological polar surface area (TPSA) is 93.8 Å². The molecule has 0 saturated carbocycles. The summed E-state index contributed by atoms with van der Waals surface area (Å²) in [7, 11) is 0. The predicted molar refractivity (Wildman–Crippen MR) is 72.5 cm³/mol. The predicted octanol–water partition coefficient (Wildman–Crippen LogP) is 2.67. The van der Waals surface area contributed by atoms with E-state index < -0.39 is 4.92 Å². The first-order chi connectivity index (χ1) is 9.10. The van der Waals surface area contributed by atoms with Crippen LogP contribution in [0.3, 0.4) is 0 Å². The minimum atomic E-state index is -0.558. The van der Waals surface area contributed by atoms with Gasteiger partial charge in [-0.25, -0.2) is 9.97 Å². The molecule has 0 bridgehead atoms. The number of anilines is 1. The summed E-state index contributed by atoms with van der Waals surface area (Å²) >= 11 is 7.18. The van der Waals surface area contributed by atoms with Crippen LogP contribution in [0, 0.1) is 10.1 Å². The Bertz CT molecular complexity index is 603. The van der Waals surface area contributed by atoms with Crippen molar-refractivity contribution in [2.24, 2.45) is 0 Å². The van der Waals surface area contributed by atoms with Crippen LogP contribution in [0.25, 0.3) is 0 Å². The quantitative estimate of drug-likeness (QED) is 0.518. The molecule has 0 atom stereocenters. The van der Waals surface area contributed by atoms with Crippen molar-refractivity contribution in [1.82, 2.24) is 15.0 Å². The lowest BCUT2D eigenvalue weighted by Crippen LogP contribution is -2.05. The molecule has 0 spiro atoms. The number of aryl methyl sites for hydroxylation is 1. The van der Waals surface area contributed by atoms with Crippen molar-refractivity contribution in [1.29, 1.82) is 0 Å². The number of rotatable bonds is 5. The third kappa shape index (κ3) is 3.36. The lowest BCUT2D eigenvalue weighted by Gasteiger charge is -2.03. The van der Waals surface area contributed by atoms with Crippen molar-refractivity contribution in [2.75, 3.05) is 5.32 Å². The smallest absolute Gasteiger partial charge is 0.329 e. The maximum atomic E-state index is 10.8. The summed E-state index contributed by atoms with van der Waals surface area (Å²) in [6.07, 6.45) is 3.79. The first-order valence-corrected chi connectivity index (χ1v) is 6.64. The van der Waals surface area contributed by atoms with Crippen LogP contribution in [0.15, 0.2) is 12.4 Å². The summed E-state index contributed by atoms with van der Waals surface area (Å²) < 4.78 is 0. The molecule has 2 rings (SSSR count). The highest BCUT2D eigenvalue weighted by molar-refractivity contribution is 7.11. The van der Waals surface area contributed by atoms with Crippen LogP contribution in [0.5, 0.6) is 0 Å². The number of hydrogen-bond donors (Lipinski definition) is 1. The van der Waals surface area contributed by atoms with Crippen LogP contribution < -0.4 is 5.32 Å². The Labute approximate surface area is 117 Å². The van der Waals surface area contributed by atoms with Crippen molar-refractivity contribution < 1.29 is 4.92 Å². The molecular weight excluding hydrogens is 290 g/mol. The van der Waals surface area contributed by atoms with Crippen molar-refractivity contribution in [3.8, 4) is 0 Å². The molecule has 0 fully saturated rings. The van der Waals surface area contributed by atoms with Crippen molar-refractivity contribution >= 4 is 34.4 Å². The van der Waals surface area contributed by atoms with E-state index in [0.29, 0.717) is 6.54 Å². The molecule has 9 heteroatoms. The van der Waals surface area contributed by atoms with Gasteiger partial charge in [-0.15, -0.1) is 11.3 Å². The van der Waals surface area contributed by atoms with E-state index >= 15 is 0 Å². The number of aromatic nitrogens is 3. The molecule has 7 nitrogen and oxygen atoms in total. The van der Waals surface area contributed by atoms with Gasteiger partial charge in [-0.05, 0) is 18.0 Å². The zero-order chi connectivity index (χ0) is 13.8. The highest BCUT2D eigenvalue weighted by atomic mass is 35.5. The summed E-state index contributed by atoms with van der Waals surface area (Å²) in [5.41, 5.74) is -0.211. The van der Waals surface area contributed by atoms with Crippen LogP contribution in [0.1, 0.15) is 16.8 Å². The molecule has 0 saturated heterocycles.